The molecule has 1 aromatic rings. The smallest absolute Gasteiger partial charge is 0.264 e. The van der Waals surface area contributed by atoms with Crippen LogP contribution in [0.2, 0.25) is 4.34 Å². The van der Waals surface area contributed by atoms with Crippen LogP contribution in [-0.4, -0.2) is 34.6 Å². The van der Waals surface area contributed by atoms with Crippen molar-refractivity contribution in [3.05, 3.63) is 21.3 Å². The minimum Gasteiger partial charge on any atom is -0.388 e. The average molecular weight is 260 g/mol. The predicted molar refractivity (Wildman–Crippen MR) is 65.1 cm³/mol. The lowest BCUT2D eigenvalue weighted by atomic mass is 9.95. The van der Waals surface area contributed by atoms with Gasteiger partial charge in [0.15, 0.2) is 0 Å². The number of hydrogen-bond acceptors (Lipinski definition) is 3. The van der Waals surface area contributed by atoms with Gasteiger partial charge in [-0.15, -0.1) is 11.3 Å². The van der Waals surface area contributed by atoms with Crippen LogP contribution < -0.4 is 0 Å². The van der Waals surface area contributed by atoms with Crippen molar-refractivity contribution in [3.63, 3.8) is 0 Å². The van der Waals surface area contributed by atoms with Gasteiger partial charge in [-0.05, 0) is 31.9 Å². The molecule has 0 radical (unpaired) electrons. The van der Waals surface area contributed by atoms with Crippen LogP contribution in [0.3, 0.4) is 0 Å². The third-order valence-electron chi connectivity index (χ3n) is 2.75. The second-order valence-corrected chi connectivity index (χ2v) is 6.15. The van der Waals surface area contributed by atoms with E-state index in [4.69, 9.17) is 11.6 Å². The Morgan fingerprint density at radius 3 is 2.94 bits per heavy atom. The molecule has 2 heterocycles. The highest BCUT2D eigenvalue weighted by Gasteiger charge is 2.31. The zero-order chi connectivity index (χ0) is 11.8. The van der Waals surface area contributed by atoms with Gasteiger partial charge in [0.25, 0.3) is 5.91 Å². The van der Waals surface area contributed by atoms with E-state index in [1.54, 1.807) is 24.0 Å². The van der Waals surface area contributed by atoms with Crippen LogP contribution in [0.5, 0.6) is 0 Å². The third-order valence-corrected chi connectivity index (χ3v) is 3.97. The molecule has 1 unspecified atom stereocenters. The zero-order valence-electron chi connectivity index (χ0n) is 9.07. The molecule has 1 aliphatic heterocycles. The number of halogens is 1. The van der Waals surface area contributed by atoms with Crippen LogP contribution in [0.4, 0.5) is 0 Å². The molecule has 0 aromatic carbocycles. The summed E-state index contributed by atoms with van der Waals surface area (Å²) in [6.45, 7) is 2.89. The highest BCUT2D eigenvalue weighted by molar-refractivity contribution is 7.17. The summed E-state index contributed by atoms with van der Waals surface area (Å²) in [4.78, 5) is 14.4. The molecule has 1 atom stereocenters. The summed E-state index contributed by atoms with van der Waals surface area (Å²) in [6, 6.07) is 3.46. The fourth-order valence-corrected chi connectivity index (χ4v) is 2.99. The van der Waals surface area contributed by atoms with Crippen LogP contribution in [0.15, 0.2) is 12.1 Å². The van der Waals surface area contributed by atoms with E-state index in [1.807, 2.05) is 0 Å². The van der Waals surface area contributed by atoms with E-state index in [0.717, 1.165) is 12.8 Å². The number of rotatable bonds is 1. The Morgan fingerprint density at radius 1 is 1.62 bits per heavy atom. The predicted octanol–water partition coefficient (Wildman–Crippen LogP) is 2.39. The second-order valence-electron chi connectivity index (χ2n) is 4.43. The van der Waals surface area contributed by atoms with Crippen molar-refractivity contribution in [2.75, 3.05) is 13.1 Å². The number of carbonyl (C=O) groups excluding carboxylic acids is 1. The molecule has 0 saturated carbocycles. The van der Waals surface area contributed by atoms with Gasteiger partial charge in [-0.1, -0.05) is 11.6 Å². The molecule has 16 heavy (non-hydrogen) atoms. The van der Waals surface area contributed by atoms with Gasteiger partial charge in [0.1, 0.15) is 0 Å². The topological polar surface area (TPSA) is 40.5 Å². The van der Waals surface area contributed by atoms with E-state index >= 15 is 0 Å². The summed E-state index contributed by atoms with van der Waals surface area (Å²) in [5.41, 5.74) is -0.755. The van der Waals surface area contributed by atoms with Gasteiger partial charge in [0.2, 0.25) is 0 Å². The Balaban J connectivity index is 2.10. The van der Waals surface area contributed by atoms with Crippen molar-refractivity contribution in [3.8, 4) is 0 Å². The fraction of sp³-hybridized carbons (Fsp3) is 0.545. The Morgan fingerprint density at radius 2 is 2.38 bits per heavy atom. The van der Waals surface area contributed by atoms with Crippen LogP contribution in [0.1, 0.15) is 29.4 Å². The number of piperidine rings is 1. The molecule has 1 N–H and O–H groups in total. The molecule has 0 bridgehead atoms. The first-order valence-corrected chi connectivity index (χ1v) is 6.44. The molecular weight excluding hydrogens is 246 g/mol. The number of nitrogens with zero attached hydrogens (tertiary/aromatic N) is 1. The summed E-state index contributed by atoms with van der Waals surface area (Å²) in [5, 5.41) is 9.93. The maximum absolute atomic E-state index is 12.1. The van der Waals surface area contributed by atoms with E-state index in [0.29, 0.717) is 22.3 Å². The van der Waals surface area contributed by atoms with Crippen LogP contribution in [0.25, 0.3) is 0 Å². The quantitative estimate of drug-likeness (QED) is 0.841. The molecular formula is C11H14ClNO2S. The number of carbonyl (C=O) groups is 1. The number of hydrogen-bond donors (Lipinski definition) is 1. The first-order chi connectivity index (χ1) is 7.48. The van der Waals surface area contributed by atoms with Crippen LogP contribution >= 0.6 is 22.9 Å². The summed E-state index contributed by atoms with van der Waals surface area (Å²) in [6.07, 6.45) is 1.60. The van der Waals surface area contributed by atoms with E-state index in [2.05, 4.69) is 0 Å². The highest BCUT2D eigenvalue weighted by atomic mass is 35.5. The van der Waals surface area contributed by atoms with E-state index < -0.39 is 5.60 Å². The normalized spacial score (nSPS) is 25.8. The first-order valence-electron chi connectivity index (χ1n) is 5.25. The monoisotopic (exact) mass is 259 g/mol. The van der Waals surface area contributed by atoms with Gasteiger partial charge in [0, 0.05) is 13.1 Å². The van der Waals surface area contributed by atoms with Gasteiger partial charge in [-0.25, -0.2) is 0 Å². The van der Waals surface area contributed by atoms with E-state index in [-0.39, 0.29) is 5.91 Å². The maximum Gasteiger partial charge on any atom is 0.264 e. The Kier molecular flexibility index (Phi) is 3.24. The Bertz CT molecular complexity index is 402. The number of β-amino-alcohol motifs (C(OH)–C–C–N with tert-alkyl or cyclic N) is 1. The lowest BCUT2D eigenvalue weighted by molar-refractivity contribution is -0.0105. The summed E-state index contributed by atoms with van der Waals surface area (Å²) in [5.74, 6) is -0.0307. The largest absolute Gasteiger partial charge is 0.388 e. The number of thiophene rings is 1. The highest BCUT2D eigenvalue weighted by Crippen LogP contribution is 2.26. The standard InChI is InChI=1S/C11H14ClNO2S/c1-11(15)5-2-6-13(7-11)10(14)8-3-4-9(12)16-8/h3-4,15H,2,5-7H2,1H3. The molecule has 0 spiro atoms. The molecule has 0 aliphatic carbocycles. The lowest BCUT2D eigenvalue weighted by Gasteiger charge is -2.36. The minimum absolute atomic E-state index is 0.0307. The van der Waals surface area contributed by atoms with Gasteiger partial charge in [-0.3, -0.25) is 4.79 Å². The molecule has 1 aliphatic rings. The summed E-state index contributed by atoms with van der Waals surface area (Å²) < 4.78 is 0.618. The molecule has 88 valence electrons. The number of amides is 1. The van der Waals surface area contributed by atoms with Crippen LogP contribution in [0, 0.1) is 0 Å². The lowest BCUT2D eigenvalue weighted by Crippen LogP contribution is -2.48. The van der Waals surface area contributed by atoms with Crippen molar-refractivity contribution < 1.29 is 9.90 Å². The van der Waals surface area contributed by atoms with Crippen molar-refractivity contribution >= 4 is 28.8 Å². The Hall–Kier alpha value is -0.580. The van der Waals surface area contributed by atoms with Gasteiger partial charge in [-0.2, -0.15) is 0 Å². The SMILES string of the molecule is CC1(O)CCCN(C(=O)c2ccc(Cl)s2)C1. The minimum atomic E-state index is -0.755. The third kappa shape index (κ3) is 2.56. The van der Waals surface area contributed by atoms with E-state index in [1.165, 1.54) is 11.3 Å². The molecule has 5 heteroatoms. The average Bonchev–Trinajstić information content (AvgIpc) is 2.62. The maximum atomic E-state index is 12.1. The molecule has 1 fully saturated rings. The Labute approximate surface area is 104 Å². The van der Waals surface area contributed by atoms with E-state index in [9.17, 15) is 9.90 Å². The summed E-state index contributed by atoms with van der Waals surface area (Å²) >= 11 is 7.08. The van der Waals surface area contributed by atoms with Gasteiger partial charge < -0.3 is 10.0 Å². The van der Waals surface area contributed by atoms with Gasteiger partial charge >= 0.3 is 0 Å². The second kappa shape index (κ2) is 4.35. The molecule has 1 saturated heterocycles. The molecule has 2 rings (SSSR count). The fourth-order valence-electron chi connectivity index (χ4n) is 1.98. The molecule has 1 aromatic heterocycles. The van der Waals surface area contributed by atoms with Crippen molar-refractivity contribution in [1.82, 2.24) is 4.90 Å². The molecule has 1 amide bonds. The van der Waals surface area contributed by atoms with Crippen LogP contribution in [-0.2, 0) is 0 Å². The number of likely N-dealkylation sites (tertiary alicyclic amines) is 1. The number of aliphatic hydroxyl groups is 1. The molecule has 3 nitrogen and oxygen atoms in total. The zero-order valence-corrected chi connectivity index (χ0v) is 10.6. The van der Waals surface area contributed by atoms with Crippen molar-refractivity contribution in [1.29, 1.82) is 0 Å². The van der Waals surface area contributed by atoms with Gasteiger partial charge in [0.05, 0.1) is 14.8 Å². The van der Waals surface area contributed by atoms with Crippen molar-refractivity contribution in [2.24, 2.45) is 0 Å². The summed E-state index contributed by atoms with van der Waals surface area (Å²) in [7, 11) is 0. The van der Waals surface area contributed by atoms with Crippen molar-refractivity contribution in [2.45, 2.75) is 25.4 Å². The first kappa shape index (κ1) is 11.9.